The minimum absolute atomic E-state index is 0.147. The fourth-order valence-electron chi connectivity index (χ4n) is 1.49. The molecule has 2 aromatic carbocycles. The molecule has 93 valence electrons. The SMILES string of the molecule is FC(F)(F)c1ccc[c]c1SCc1ccccc1. The average molecular weight is 267 g/mol. The third-order valence-corrected chi connectivity index (χ3v) is 3.45. The van der Waals surface area contributed by atoms with Crippen molar-refractivity contribution >= 4 is 11.8 Å². The quantitative estimate of drug-likeness (QED) is 0.720. The van der Waals surface area contributed by atoms with E-state index in [9.17, 15) is 13.2 Å². The van der Waals surface area contributed by atoms with Crippen molar-refractivity contribution in [3.05, 3.63) is 65.7 Å². The first-order valence-corrected chi connectivity index (χ1v) is 6.30. The lowest BCUT2D eigenvalue weighted by Gasteiger charge is -2.11. The minimum atomic E-state index is -4.32. The van der Waals surface area contributed by atoms with Gasteiger partial charge < -0.3 is 0 Å². The molecule has 18 heavy (non-hydrogen) atoms. The van der Waals surface area contributed by atoms with Gasteiger partial charge in [0.25, 0.3) is 0 Å². The lowest BCUT2D eigenvalue weighted by Crippen LogP contribution is -2.06. The van der Waals surface area contributed by atoms with Gasteiger partial charge in [-0.25, -0.2) is 0 Å². The molecule has 2 aromatic rings. The molecule has 0 atom stereocenters. The Kier molecular flexibility index (Phi) is 3.97. The van der Waals surface area contributed by atoms with Gasteiger partial charge in [-0.2, -0.15) is 13.2 Å². The molecule has 0 heterocycles. The minimum Gasteiger partial charge on any atom is -0.166 e. The summed E-state index contributed by atoms with van der Waals surface area (Å²) in [5, 5.41) is 0. The van der Waals surface area contributed by atoms with Crippen molar-refractivity contribution in [2.24, 2.45) is 0 Å². The van der Waals surface area contributed by atoms with Gasteiger partial charge in [-0.05, 0) is 17.7 Å². The monoisotopic (exact) mass is 267 g/mol. The summed E-state index contributed by atoms with van der Waals surface area (Å²) in [4.78, 5) is 0.147. The molecule has 0 saturated heterocycles. The van der Waals surface area contributed by atoms with Crippen LogP contribution in [0.4, 0.5) is 13.2 Å². The highest BCUT2D eigenvalue weighted by Crippen LogP contribution is 2.37. The summed E-state index contributed by atoms with van der Waals surface area (Å²) in [6.45, 7) is 0. The molecule has 0 aromatic heterocycles. The Bertz CT molecular complexity index is 506. The Balaban J connectivity index is 2.15. The molecule has 0 aliphatic rings. The van der Waals surface area contributed by atoms with Crippen molar-refractivity contribution in [3.8, 4) is 0 Å². The van der Waals surface area contributed by atoms with Gasteiger partial charge in [-0.3, -0.25) is 0 Å². The van der Waals surface area contributed by atoms with E-state index in [1.165, 1.54) is 12.1 Å². The fourth-order valence-corrected chi connectivity index (χ4v) is 2.49. The Morgan fingerprint density at radius 3 is 2.39 bits per heavy atom. The molecule has 2 rings (SSSR count). The summed E-state index contributed by atoms with van der Waals surface area (Å²) in [6, 6.07) is 16.0. The number of alkyl halides is 3. The maximum atomic E-state index is 12.7. The average Bonchev–Trinajstić information content (AvgIpc) is 2.37. The maximum Gasteiger partial charge on any atom is 0.417 e. The van der Waals surface area contributed by atoms with Crippen LogP contribution in [-0.4, -0.2) is 0 Å². The van der Waals surface area contributed by atoms with E-state index in [0.717, 1.165) is 23.4 Å². The predicted octanol–water partition coefficient (Wildman–Crippen LogP) is 4.80. The predicted molar refractivity (Wildman–Crippen MR) is 66.3 cm³/mol. The number of halogens is 3. The molecule has 0 amide bonds. The van der Waals surface area contributed by atoms with Crippen LogP contribution in [0.5, 0.6) is 0 Å². The summed E-state index contributed by atoms with van der Waals surface area (Å²) in [6.07, 6.45) is -4.32. The van der Waals surface area contributed by atoms with Crippen molar-refractivity contribution in [1.29, 1.82) is 0 Å². The third-order valence-electron chi connectivity index (χ3n) is 2.35. The van der Waals surface area contributed by atoms with E-state index in [1.807, 2.05) is 30.3 Å². The number of rotatable bonds is 3. The summed E-state index contributed by atoms with van der Waals surface area (Å²) in [5.74, 6) is 0.504. The molecule has 1 radical (unpaired) electrons. The third kappa shape index (κ3) is 3.29. The molecule has 0 nitrogen and oxygen atoms in total. The zero-order chi connectivity index (χ0) is 13.0. The largest absolute Gasteiger partial charge is 0.417 e. The second kappa shape index (κ2) is 5.48. The highest BCUT2D eigenvalue weighted by molar-refractivity contribution is 7.98. The smallest absolute Gasteiger partial charge is 0.166 e. The molecule has 4 heteroatoms. The van der Waals surface area contributed by atoms with E-state index in [0.29, 0.717) is 5.75 Å². The van der Waals surface area contributed by atoms with E-state index in [-0.39, 0.29) is 4.90 Å². The lowest BCUT2D eigenvalue weighted by atomic mass is 10.2. The first kappa shape index (κ1) is 13.0. The zero-order valence-electron chi connectivity index (χ0n) is 9.37. The first-order valence-electron chi connectivity index (χ1n) is 5.32. The van der Waals surface area contributed by atoms with Crippen LogP contribution in [-0.2, 0) is 11.9 Å². The van der Waals surface area contributed by atoms with E-state index < -0.39 is 11.7 Å². The second-order valence-corrected chi connectivity index (χ2v) is 4.67. The van der Waals surface area contributed by atoms with Crippen molar-refractivity contribution in [1.82, 2.24) is 0 Å². The van der Waals surface area contributed by atoms with Crippen LogP contribution < -0.4 is 0 Å². The topological polar surface area (TPSA) is 0 Å². The molecule has 0 fully saturated rings. The molecule has 0 aliphatic heterocycles. The van der Waals surface area contributed by atoms with Crippen molar-refractivity contribution in [3.63, 3.8) is 0 Å². The van der Waals surface area contributed by atoms with Gasteiger partial charge in [-0.1, -0.05) is 42.5 Å². The van der Waals surface area contributed by atoms with Crippen LogP contribution in [0.25, 0.3) is 0 Å². The highest BCUT2D eigenvalue weighted by atomic mass is 32.2. The van der Waals surface area contributed by atoms with Gasteiger partial charge >= 0.3 is 6.18 Å². The number of thioether (sulfide) groups is 1. The second-order valence-electron chi connectivity index (χ2n) is 3.68. The first-order chi connectivity index (χ1) is 8.57. The molecule has 0 bridgehead atoms. The summed E-state index contributed by atoms with van der Waals surface area (Å²) < 4.78 is 38.2. The van der Waals surface area contributed by atoms with Crippen molar-refractivity contribution < 1.29 is 13.2 Å². The summed E-state index contributed by atoms with van der Waals surface area (Å²) in [5.41, 5.74) is 0.374. The van der Waals surface area contributed by atoms with E-state index in [1.54, 1.807) is 0 Å². The normalized spacial score (nSPS) is 11.5. The van der Waals surface area contributed by atoms with Crippen LogP contribution in [0.1, 0.15) is 11.1 Å². The van der Waals surface area contributed by atoms with Gasteiger partial charge in [0, 0.05) is 10.6 Å². The summed E-state index contributed by atoms with van der Waals surface area (Å²) >= 11 is 1.15. The Morgan fingerprint density at radius 1 is 1.00 bits per heavy atom. The molecule has 0 aliphatic carbocycles. The van der Waals surface area contributed by atoms with Gasteiger partial charge in [0.15, 0.2) is 0 Å². The number of hydrogen-bond acceptors (Lipinski definition) is 1. The van der Waals surface area contributed by atoms with E-state index >= 15 is 0 Å². The summed E-state index contributed by atoms with van der Waals surface area (Å²) in [7, 11) is 0. The van der Waals surface area contributed by atoms with E-state index in [2.05, 4.69) is 6.07 Å². The van der Waals surface area contributed by atoms with Crippen LogP contribution in [0.15, 0.2) is 53.4 Å². The van der Waals surface area contributed by atoms with Crippen LogP contribution in [0.3, 0.4) is 0 Å². The van der Waals surface area contributed by atoms with Crippen LogP contribution in [0, 0.1) is 6.07 Å². The fraction of sp³-hybridized carbons (Fsp3) is 0.143. The van der Waals surface area contributed by atoms with Crippen LogP contribution >= 0.6 is 11.8 Å². The van der Waals surface area contributed by atoms with Gasteiger partial charge in [0.2, 0.25) is 0 Å². The Morgan fingerprint density at radius 2 is 1.72 bits per heavy atom. The van der Waals surface area contributed by atoms with Gasteiger partial charge in [0.05, 0.1) is 5.56 Å². The molecule has 0 saturated carbocycles. The Hall–Kier alpha value is -1.42. The van der Waals surface area contributed by atoms with Gasteiger partial charge in [0.1, 0.15) is 0 Å². The number of hydrogen-bond donors (Lipinski definition) is 0. The zero-order valence-corrected chi connectivity index (χ0v) is 10.2. The molecular formula is C14H10F3S. The van der Waals surface area contributed by atoms with Crippen LogP contribution in [0.2, 0.25) is 0 Å². The Labute approximate surface area is 108 Å². The molecule has 0 spiro atoms. The van der Waals surface area contributed by atoms with E-state index in [4.69, 9.17) is 0 Å². The highest BCUT2D eigenvalue weighted by Gasteiger charge is 2.33. The molecule has 0 unspecified atom stereocenters. The number of benzene rings is 2. The van der Waals surface area contributed by atoms with Crippen molar-refractivity contribution in [2.45, 2.75) is 16.8 Å². The maximum absolute atomic E-state index is 12.7. The molecular weight excluding hydrogens is 257 g/mol. The standard InChI is InChI=1S/C14H10F3S/c15-14(16,17)12-8-4-5-9-13(12)18-10-11-6-2-1-3-7-11/h1-8H,10H2. The molecule has 0 N–H and O–H groups in total. The van der Waals surface area contributed by atoms with Gasteiger partial charge in [-0.15, -0.1) is 11.8 Å². The lowest BCUT2D eigenvalue weighted by molar-refractivity contribution is -0.139. The van der Waals surface area contributed by atoms with Crippen molar-refractivity contribution in [2.75, 3.05) is 0 Å².